The molecule has 0 amide bonds. The van der Waals surface area contributed by atoms with Gasteiger partial charge in [-0.25, -0.2) is 0 Å². The summed E-state index contributed by atoms with van der Waals surface area (Å²) in [5.74, 6) is 0. The first kappa shape index (κ1) is 12.5. The third-order valence-corrected chi connectivity index (χ3v) is 3.32. The van der Waals surface area contributed by atoms with Gasteiger partial charge in [0.1, 0.15) is 0 Å². The fourth-order valence-electron chi connectivity index (χ4n) is 2.14. The molecule has 1 fully saturated rings. The molecule has 0 aromatic heterocycles. The minimum absolute atomic E-state index is 0.568. The van der Waals surface area contributed by atoms with Crippen molar-refractivity contribution in [3.05, 3.63) is 12.2 Å². The average Bonchev–Trinajstić information content (AvgIpc) is 2.14. The second kappa shape index (κ2) is 5.50. The third kappa shape index (κ3) is 3.49. The number of nitrogens with zero attached hydrogens (tertiary/aromatic N) is 1. The summed E-state index contributed by atoms with van der Waals surface area (Å²) in [5, 5.41) is 4.16. The molecule has 2 atom stereocenters. The van der Waals surface area contributed by atoms with Gasteiger partial charge in [0.05, 0.1) is 0 Å². The lowest BCUT2D eigenvalue weighted by atomic mass is 9.98. The van der Waals surface area contributed by atoms with Crippen molar-refractivity contribution in [2.45, 2.75) is 52.1 Å². The Labute approximate surface area is 98.7 Å². The Kier molecular flexibility index (Phi) is 4.58. The molecule has 1 heterocycles. The predicted octanol–water partition coefficient (Wildman–Crippen LogP) is 2.70. The number of nitrogens with one attached hydrogen (secondary N) is 1. The van der Waals surface area contributed by atoms with Crippen LogP contribution in [0, 0.1) is 0 Å². The van der Waals surface area contributed by atoms with Crippen LogP contribution in [0.4, 0.5) is 0 Å². The summed E-state index contributed by atoms with van der Waals surface area (Å²) in [7, 11) is 0. The third-order valence-electron chi connectivity index (χ3n) is 2.97. The predicted molar refractivity (Wildman–Crippen MR) is 70.0 cm³/mol. The molecule has 0 saturated carbocycles. The van der Waals surface area contributed by atoms with E-state index in [9.17, 15) is 0 Å². The van der Waals surface area contributed by atoms with E-state index in [0.717, 1.165) is 17.2 Å². The first-order valence-electron chi connectivity index (χ1n) is 5.73. The van der Waals surface area contributed by atoms with E-state index in [-0.39, 0.29) is 0 Å². The monoisotopic (exact) mass is 226 g/mol. The molecule has 1 rings (SSSR count). The van der Waals surface area contributed by atoms with Crippen molar-refractivity contribution in [1.29, 1.82) is 0 Å². The highest BCUT2D eigenvalue weighted by Gasteiger charge is 2.26. The van der Waals surface area contributed by atoms with Gasteiger partial charge in [0.15, 0.2) is 5.11 Å². The van der Waals surface area contributed by atoms with E-state index in [1.54, 1.807) is 0 Å². The van der Waals surface area contributed by atoms with Crippen LogP contribution in [0.15, 0.2) is 12.2 Å². The summed E-state index contributed by atoms with van der Waals surface area (Å²) in [6.45, 7) is 11.2. The summed E-state index contributed by atoms with van der Waals surface area (Å²) in [5.41, 5.74) is 1.12. The Morgan fingerprint density at radius 3 is 2.40 bits per heavy atom. The molecule has 0 spiro atoms. The summed E-state index contributed by atoms with van der Waals surface area (Å²) in [6.07, 6.45) is 3.82. The second-order valence-corrected chi connectivity index (χ2v) is 5.04. The fourth-order valence-corrected chi connectivity index (χ4v) is 2.57. The van der Waals surface area contributed by atoms with Crippen molar-refractivity contribution >= 4 is 17.3 Å². The van der Waals surface area contributed by atoms with Crippen LogP contribution in [0.1, 0.15) is 40.0 Å². The van der Waals surface area contributed by atoms with Gasteiger partial charge < -0.3 is 10.2 Å². The zero-order valence-corrected chi connectivity index (χ0v) is 10.9. The minimum atomic E-state index is 0.568. The van der Waals surface area contributed by atoms with Gasteiger partial charge in [-0.15, -0.1) is 0 Å². The molecule has 0 radical (unpaired) electrons. The zero-order valence-electron chi connectivity index (χ0n) is 10.0. The van der Waals surface area contributed by atoms with Crippen LogP contribution in [0.3, 0.4) is 0 Å². The van der Waals surface area contributed by atoms with E-state index in [0.29, 0.717) is 12.1 Å². The largest absolute Gasteiger partial charge is 0.359 e. The molecule has 1 aliphatic heterocycles. The van der Waals surface area contributed by atoms with Gasteiger partial charge in [-0.3, -0.25) is 0 Å². The molecule has 1 aliphatic rings. The minimum Gasteiger partial charge on any atom is -0.359 e. The first-order valence-corrected chi connectivity index (χ1v) is 6.13. The molecule has 86 valence electrons. The van der Waals surface area contributed by atoms with Crippen molar-refractivity contribution in [3.8, 4) is 0 Å². The van der Waals surface area contributed by atoms with E-state index in [2.05, 4.69) is 30.6 Å². The summed E-state index contributed by atoms with van der Waals surface area (Å²) >= 11 is 5.42. The maximum atomic E-state index is 5.42. The normalized spacial score (nSPS) is 26.2. The van der Waals surface area contributed by atoms with E-state index >= 15 is 0 Å². The molecule has 0 unspecified atom stereocenters. The first-order chi connectivity index (χ1) is 7.02. The van der Waals surface area contributed by atoms with E-state index < -0.39 is 0 Å². The van der Waals surface area contributed by atoms with Gasteiger partial charge in [-0.1, -0.05) is 12.2 Å². The Bertz CT molecular complexity index is 240. The quantitative estimate of drug-likeness (QED) is 0.576. The Morgan fingerprint density at radius 1 is 1.40 bits per heavy atom. The summed E-state index contributed by atoms with van der Waals surface area (Å²) < 4.78 is 0. The average molecular weight is 226 g/mol. The van der Waals surface area contributed by atoms with Crippen molar-refractivity contribution in [3.63, 3.8) is 0 Å². The maximum absolute atomic E-state index is 5.42. The summed E-state index contributed by atoms with van der Waals surface area (Å²) in [4.78, 5) is 2.34. The molecule has 1 saturated heterocycles. The van der Waals surface area contributed by atoms with Gasteiger partial charge >= 0.3 is 0 Å². The molecule has 0 aromatic carbocycles. The zero-order chi connectivity index (χ0) is 11.4. The lowest BCUT2D eigenvalue weighted by Crippen LogP contribution is -2.51. The van der Waals surface area contributed by atoms with E-state index in [1.165, 1.54) is 19.3 Å². The smallest absolute Gasteiger partial charge is 0.169 e. The molecular weight excluding hydrogens is 204 g/mol. The highest BCUT2D eigenvalue weighted by molar-refractivity contribution is 7.80. The lowest BCUT2D eigenvalue weighted by molar-refractivity contribution is 0.189. The van der Waals surface area contributed by atoms with Crippen LogP contribution < -0.4 is 5.32 Å². The molecule has 1 N–H and O–H groups in total. The standard InChI is InChI=1S/C12H22N2S/c1-9(2)8-13-12(15)14-10(3)6-5-7-11(14)4/h10-11H,1,5-8H2,2-4H3,(H,13,15)/t10-,11-/m0/s1. The van der Waals surface area contributed by atoms with Crippen LogP contribution in [0.5, 0.6) is 0 Å². The molecule has 0 aliphatic carbocycles. The topological polar surface area (TPSA) is 15.3 Å². The highest BCUT2D eigenvalue weighted by atomic mass is 32.1. The molecule has 0 aromatic rings. The van der Waals surface area contributed by atoms with Gasteiger partial charge in [-0.2, -0.15) is 0 Å². The SMILES string of the molecule is C=C(C)CNC(=S)N1[C@@H](C)CCC[C@@H]1C. The maximum Gasteiger partial charge on any atom is 0.169 e. The lowest BCUT2D eigenvalue weighted by Gasteiger charge is -2.41. The second-order valence-electron chi connectivity index (χ2n) is 4.65. The van der Waals surface area contributed by atoms with Crippen molar-refractivity contribution in [1.82, 2.24) is 10.2 Å². The molecular formula is C12H22N2S. The molecule has 15 heavy (non-hydrogen) atoms. The Balaban J connectivity index is 2.51. The van der Waals surface area contributed by atoms with E-state index in [1.807, 2.05) is 6.92 Å². The number of hydrogen-bond acceptors (Lipinski definition) is 1. The fraction of sp³-hybridized carbons (Fsp3) is 0.750. The highest BCUT2D eigenvalue weighted by Crippen LogP contribution is 2.22. The van der Waals surface area contributed by atoms with Crippen molar-refractivity contribution in [2.75, 3.05) is 6.54 Å². The molecule has 0 bridgehead atoms. The van der Waals surface area contributed by atoms with Gasteiger partial charge in [-0.05, 0) is 52.3 Å². The number of likely N-dealkylation sites (tertiary alicyclic amines) is 1. The number of hydrogen-bond donors (Lipinski definition) is 1. The van der Waals surface area contributed by atoms with Crippen molar-refractivity contribution in [2.24, 2.45) is 0 Å². The van der Waals surface area contributed by atoms with Gasteiger partial charge in [0, 0.05) is 18.6 Å². The Morgan fingerprint density at radius 2 is 1.93 bits per heavy atom. The van der Waals surface area contributed by atoms with Crippen LogP contribution in [-0.4, -0.2) is 28.6 Å². The number of piperidine rings is 1. The Hall–Kier alpha value is -0.570. The molecule has 2 nitrogen and oxygen atoms in total. The van der Waals surface area contributed by atoms with Crippen LogP contribution >= 0.6 is 12.2 Å². The van der Waals surface area contributed by atoms with Crippen LogP contribution in [0.2, 0.25) is 0 Å². The van der Waals surface area contributed by atoms with Gasteiger partial charge in [0.2, 0.25) is 0 Å². The van der Waals surface area contributed by atoms with Crippen molar-refractivity contribution < 1.29 is 0 Å². The van der Waals surface area contributed by atoms with Crippen LogP contribution in [-0.2, 0) is 0 Å². The van der Waals surface area contributed by atoms with E-state index in [4.69, 9.17) is 12.2 Å². The number of rotatable bonds is 2. The summed E-state index contributed by atoms with van der Waals surface area (Å²) in [6, 6.07) is 1.14. The molecule has 3 heteroatoms. The van der Waals surface area contributed by atoms with Gasteiger partial charge in [0.25, 0.3) is 0 Å². The number of thiocarbonyl (C=S) groups is 1. The van der Waals surface area contributed by atoms with Crippen LogP contribution in [0.25, 0.3) is 0 Å².